The number of aromatic nitrogens is 2. The van der Waals surface area contributed by atoms with Crippen molar-refractivity contribution < 1.29 is 22.7 Å². The van der Waals surface area contributed by atoms with Crippen LogP contribution in [0.4, 0.5) is 5.00 Å². The molecule has 2 aromatic heterocycles. The minimum absolute atomic E-state index is 0.0396. The molecule has 0 aliphatic carbocycles. The third kappa shape index (κ3) is 4.34. The lowest BCUT2D eigenvalue weighted by Gasteiger charge is -2.13. The topological polar surface area (TPSA) is 124 Å². The molecule has 1 N–H and O–H groups in total. The molecule has 0 bridgehead atoms. The van der Waals surface area contributed by atoms with Gasteiger partial charge in [-0.3, -0.25) is 9.59 Å². The molecule has 3 aromatic rings. The van der Waals surface area contributed by atoms with Crippen LogP contribution in [0.1, 0.15) is 38.2 Å². The zero-order chi connectivity index (χ0) is 22.9. The number of nitrogens with one attached hydrogen (secondary N) is 1. The van der Waals surface area contributed by atoms with Crippen molar-refractivity contribution in [2.24, 2.45) is 0 Å². The van der Waals surface area contributed by atoms with E-state index in [1.165, 1.54) is 12.1 Å². The first-order valence-corrected chi connectivity index (χ1v) is 12.4. The van der Waals surface area contributed by atoms with Crippen molar-refractivity contribution in [3.8, 4) is 5.69 Å². The van der Waals surface area contributed by atoms with Gasteiger partial charge in [-0.1, -0.05) is 18.2 Å². The number of nitrogens with zero attached hydrogens (tertiary/aromatic N) is 2. The molecule has 1 aromatic carbocycles. The largest absolute Gasteiger partial charge is 0.462 e. The van der Waals surface area contributed by atoms with E-state index in [9.17, 15) is 22.8 Å². The van der Waals surface area contributed by atoms with Crippen LogP contribution in [-0.2, 0) is 26.7 Å². The van der Waals surface area contributed by atoms with Crippen LogP contribution in [0.3, 0.4) is 0 Å². The van der Waals surface area contributed by atoms with Gasteiger partial charge in [0.05, 0.1) is 29.4 Å². The van der Waals surface area contributed by atoms with Gasteiger partial charge in [0, 0.05) is 10.9 Å². The minimum atomic E-state index is -3.26. The van der Waals surface area contributed by atoms with Crippen molar-refractivity contribution in [2.75, 3.05) is 17.7 Å². The molecule has 3 heterocycles. The Morgan fingerprint density at radius 2 is 1.94 bits per heavy atom. The molecule has 1 amide bonds. The molecule has 166 valence electrons. The number of fused-ring (bicyclic) bond motifs is 1. The highest BCUT2D eigenvalue weighted by molar-refractivity contribution is 7.90. The summed E-state index contributed by atoms with van der Waals surface area (Å²) in [6.07, 6.45) is 0.176. The molecule has 1 aliphatic heterocycles. The van der Waals surface area contributed by atoms with E-state index in [0.717, 1.165) is 16.0 Å². The summed E-state index contributed by atoms with van der Waals surface area (Å²) in [7, 11) is -3.26. The Morgan fingerprint density at radius 1 is 1.19 bits per heavy atom. The van der Waals surface area contributed by atoms with Gasteiger partial charge >= 0.3 is 5.97 Å². The second kappa shape index (κ2) is 8.67. The first-order valence-electron chi connectivity index (χ1n) is 9.78. The van der Waals surface area contributed by atoms with Crippen molar-refractivity contribution >= 4 is 38.1 Å². The van der Waals surface area contributed by atoms with Crippen molar-refractivity contribution in [3.63, 3.8) is 0 Å². The molecule has 9 nitrogen and oxygen atoms in total. The average molecular weight is 474 g/mol. The molecule has 32 heavy (non-hydrogen) atoms. The van der Waals surface area contributed by atoms with Crippen LogP contribution in [0, 0.1) is 0 Å². The normalized spacial score (nSPS) is 14.4. The van der Waals surface area contributed by atoms with Crippen LogP contribution in [0.15, 0.2) is 47.3 Å². The number of hydrogen-bond donors (Lipinski definition) is 1. The van der Waals surface area contributed by atoms with Gasteiger partial charge in [-0.2, -0.15) is 9.78 Å². The van der Waals surface area contributed by atoms with Crippen LogP contribution in [0.25, 0.3) is 5.69 Å². The number of para-hydroxylation sites is 1. The summed E-state index contributed by atoms with van der Waals surface area (Å²) in [5.74, 6) is -1.52. The molecule has 1 aliphatic rings. The third-order valence-electron chi connectivity index (χ3n) is 4.85. The Balaban J connectivity index is 1.70. The number of rotatable bonds is 5. The van der Waals surface area contributed by atoms with Gasteiger partial charge in [0.2, 0.25) is 0 Å². The van der Waals surface area contributed by atoms with E-state index in [-0.39, 0.29) is 40.8 Å². The highest BCUT2D eigenvalue weighted by atomic mass is 32.2. The second-order valence-electron chi connectivity index (χ2n) is 7.03. The first-order chi connectivity index (χ1) is 15.3. The second-order valence-corrected chi connectivity index (χ2v) is 10.3. The number of amides is 1. The molecule has 0 saturated heterocycles. The molecular formula is C21H19N3O6S2. The van der Waals surface area contributed by atoms with Gasteiger partial charge in [0.1, 0.15) is 10.7 Å². The summed E-state index contributed by atoms with van der Waals surface area (Å²) >= 11 is 1.04. The van der Waals surface area contributed by atoms with Gasteiger partial charge in [-0.15, -0.1) is 11.3 Å². The summed E-state index contributed by atoms with van der Waals surface area (Å²) in [4.78, 5) is 38.2. The molecule has 11 heteroatoms. The minimum Gasteiger partial charge on any atom is -0.462 e. The monoisotopic (exact) mass is 473 g/mol. The summed E-state index contributed by atoms with van der Waals surface area (Å²) in [6.45, 7) is 1.80. The van der Waals surface area contributed by atoms with E-state index in [0.29, 0.717) is 16.1 Å². The number of hydrogen-bond acceptors (Lipinski definition) is 8. The number of carbonyl (C=O) groups is 2. The molecule has 4 rings (SSSR count). The Labute approximate surface area is 187 Å². The van der Waals surface area contributed by atoms with Gasteiger partial charge in [-0.25, -0.2) is 13.2 Å². The SMILES string of the molecule is CCOC(=O)c1c(NC(=O)c2ccc(=O)n(-c3ccccc3)n2)sc2c1CCS(=O)(=O)C2. The van der Waals surface area contributed by atoms with E-state index in [4.69, 9.17) is 4.74 Å². The summed E-state index contributed by atoms with van der Waals surface area (Å²) in [5, 5.41) is 7.00. The lowest BCUT2D eigenvalue weighted by atomic mass is 10.1. The number of esters is 1. The number of thiophene rings is 1. The van der Waals surface area contributed by atoms with E-state index >= 15 is 0 Å². The fourth-order valence-electron chi connectivity index (χ4n) is 3.38. The van der Waals surface area contributed by atoms with Crippen molar-refractivity contribution in [1.82, 2.24) is 9.78 Å². The number of anilines is 1. The maximum absolute atomic E-state index is 12.9. The van der Waals surface area contributed by atoms with Crippen LogP contribution in [0.5, 0.6) is 0 Å². The highest BCUT2D eigenvalue weighted by Crippen LogP contribution is 2.38. The molecular weight excluding hydrogens is 454 g/mol. The third-order valence-corrected chi connectivity index (χ3v) is 7.73. The summed E-state index contributed by atoms with van der Waals surface area (Å²) in [6, 6.07) is 11.2. The van der Waals surface area contributed by atoms with Crippen molar-refractivity contribution in [3.05, 3.63) is 74.5 Å². The van der Waals surface area contributed by atoms with Crippen LogP contribution < -0.4 is 10.9 Å². The number of sulfone groups is 1. The summed E-state index contributed by atoms with van der Waals surface area (Å²) < 4.78 is 30.3. The van der Waals surface area contributed by atoms with E-state index < -0.39 is 27.3 Å². The predicted octanol–water partition coefficient (Wildman–Crippen LogP) is 2.19. The van der Waals surface area contributed by atoms with Gasteiger partial charge in [0.25, 0.3) is 11.5 Å². The molecule has 0 saturated carbocycles. The van der Waals surface area contributed by atoms with Crippen molar-refractivity contribution in [1.29, 1.82) is 0 Å². The molecule has 0 spiro atoms. The predicted molar refractivity (Wildman–Crippen MR) is 119 cm³/mol. The molecule has 0 atom stereocenters. The lowest BCUT2D eigenvalue weighted by molar-refractivity contribution is 0.0527. The first kappa shape index (κ1) is 21.9. The van der Waals surface area contributed by atoms with Crippen LogP contribution >= 0.6 is 11.3 Å². The van der Waals surface area contributed by atoms with E-state index in [2.05, 4.69) is 10.4 Å². The Morgan fingerprint density at radius 3 is 2.66 bits per heavy atom. The number of ether oxygens (including phenoxy) is 1. The van der Waals surface area contributed by atoms with Gasteiger partial charge in [-0.05, 0) is 37.1 Å². The van der Waals surface area contributed by atoms with Crippen LogP contribution in [-0.4, -0.2) is 42.4 Å². The van der Waals surface area contributed by atoms with Crippen LogP contribution in [0.2, 0.25) is 0 Å². The summed E-state index contributed by atoms with van der Waals surface area (Å²) in [5.41, 5.74) is 0.808. The fraction of sp³-hybridized carbons (Fsp3) is 0.238. The number of benzene rings is 1. The molecule has 0 unspecified atom stereocenters. The highest BCUT2D eigenvalue weighted by Gasteiger charge is 2.32. The Kier molecular flexibility index (Phi) is 5.94. The smallest absolute Gasteiger partial charge is 0.341 e. The molecule has 0 fully saturated rings. The van der Waals surface area contributed by atoms with Gasteiger partial charge < -0.3 is 10.1 Å². The lowest BCUT2D eigenvalue weighted by Crippen LogP contribution is -2.25. The van der Waals surface area contributed by atoms with Crippen molar-refractivity contribution in [2.45, 2.75) is 19.1 Å². The van der Waals surface area contributed by atoms with Gasteiger partial charge in [0.15, 0.2) is 9.84 Å². The Hall–Kier alpha value is -3.31. The molecule has 0 radical (unpaired) electrons. The fourth-order valence-corrected chi connectivity index (χ4v) is 6.42. The van der Waals surface area contributed by atoms with E-state index in [1.807, 2.05) is 0 Å². The quantitative estimate of drug-likeness (QED) is 0.563. The zero-order valence-electron chi connectivity index (χ0n) is 17.0. The standard InChI is InChI=1S/C21H19N3O6S2/c1-2-30-21(27)18-14-10-11-32(28,29)12-16(14)31-20(18)22-19(26)15-8-9-17(25)24(23-15)13-6-4-3-5-7-13/h3-9H,2,10-12H2,1H3,(H,22,26). The average Bonchev–Trinajstić information content (AvgIpc) is 3.10. The maximum atomic E-state index is 12.9. The van der Waals surface area contributed by atoms with E-state index in [1.54, 1.807) is 37.3 Å². The zero-order valence-corrected chi connectivity index (χ0v) is 18.7. The number of carbonyl (C=O) groups excluding carboxylic acids is 2. The Bertz CT molecular complexity index is 1360. The maximum Gasteiger partial charge on any atom is 0.341 e.